The summed E-state index contributed by atoms with van der Waals surface area (Å²) >= 11 is 2.10. The number of halogens is 2. The van der Waals surface area contributed by atoms with Crippen molar-refractivity contribution in [2.75, 3.05) is 32.3 Å². The van der Waals surface area contributed by atoms with E-state index in [9.17, 15) is 23.2 Å². The number of amides is 2. The minimum atomic E-state index is -0.837. The minimum absolute atomic E-state index is 0.0749. The second-order valence-corrected chi connectivity index (χ2v) is 10.2. The summed E-state index contributed by atoms with van der Waals surface area (Å²) in [5.74, 6) is -2.76. The number of aromatic nitrogens is 3. The van der Waals surface area contributed by atoms with Gasteiger partial charge in [-0.3, -0.25) is 9.59 Å². The quantitative estimate of drug-likeness (QED) is 0.285. The van der Waals surface area contributed by atoms with Gasteiger partial charge < -0.3 is 24.3 Å². The van der Waals surface area contributed by atoms with Crippen LogP contribution in [0, 0.1) is 18.6 Å². The number of benzene rings is 1. The average molecular weight is 568 g/mol. The van der Waals surface area contributed by atoms with Crippen molar-refractivity contribution < 1.29 is 32.6 Å². The van der Waals surface area contributed by atoms with Crippen LogP contribution in [0.3, 0.4) is 0 Å². The topological polar surface area (TPSA) is 116 Å². The van der Waals surface area contributed by atoms with E-state index in [0.29, 0.717) is 28.0 Å². The number of anilines is 1. The molecule has 38 heavy (non-hydrogen) atoms. The molecule has 1 atom stereocenters. The van der Waals surface area contributed by atoms with Crippen LogP contribution in [0.2, 0.25) is 0 Å². The van der Waals surface area contributed by atoms with Crippen molar-refractivity contribution >= 4 is 45.9 Å². The fraction of sp³-hybridized carbons (Fsp3) is 0.375. The number of rotatable bonds is 10. The van der Waals surface area contributed by atoms with Gasteiger partial charge in [-0.05, 0) is 38.5 Å². The smallest absolute Gasteiger partial charge is 0.341 e. The lowest BCUT2D eigenvalue weighted by Crippen LogP contribution is -2.21. The normalized spacial score (nSPS) is 11.7. The van der Waals surface area contributed by atoms with Gasteiger partial charge in [-0.2, -0.15) is 0 Å². The van der Waals surface area contributed by atoms with E-state index in [4.69, 9.17) is 9.47 Å². The molecule has 0 radical (unpaired) electrons. The predicted molar refractivity (Wildman–Crippen MR) is 139 cm³/mol. The number of esters is 1. The van der Waals surface area contributed by atoms with Crippen molar-refractivity contribution in [3.63, 3.8) is 0 Å². The summed E-state index contributed by atoms with van der Waals surface area (Å²) in [5.41, 5.74) is 0.546. The highest BCUT2D eigenvalue weighted by atomic mass is 32.2. The fourth-order valence-electron chi connectivity index (χ4n) is 3.47. The lowest BCUT2D eigenvalue weighted by molar-refractivity contribution is -0.113. The molecule has 0 spiro atoms. The molecule has 2 amide bonds. The number of nitrogens with one attached hydrogen (secondary N) is 1. The first-order valence-corrected chi connectivity index (χ1v) is 13.2. The summed E-state index contributed by atoms with van der Waals surface area (Å²) in [6, 6.07) is 3.02. The highest BCUT2D eigenvalue weighted by Crippen LogP contribution is 2.35. The lowest BCUT2D eigenvalue weighted by atomic mass is 10.1. The summed E-state index contributed by atoms with van der Waals surface area (Å²) in [6.07, 6.45) is -0.713. The Kier molecular flexibility index (Phi) is 9.44. The van der Waals surface area contributed by atoms with Gasteiger partial charge in [0, 0.05) is 26.7 Å². The maximum absolute atomic E-state index is 14.0. The molecule has 0 fully saturated rings. The zero-order valence-corrected chi connectivity index (χ0v) is 23.3. The first-order valence-electron chi connectivity index (χ1n) is 11.4. The minimum Gasteiger partial charge on any atom is -0.480 e. The molecule has 2 aromatic heterocycles. The second kappa shape index (κ2) is 12.3. The Morgan fingerprint density at radius 1 is 1.24 bits per heavy atom. The predicted octanol–water partition coefficient (Wildman–Crippen LogP) is 4.31. The molecule has 10 nitrogen and oxygen atoms in total. The van der Waals surface area contributed by atoms with Crippen LogP contribution in [-0.2, 0) is 16.1 Å². The highest BCUT2D eigenvalue weighted by Gasteiger charge is 2.27. The number of ether oxygens (including phenoxy) is 2. The Morgan fingerprint density at radius 3 is 2.55 bits per heavy atom. The van der Waals surface area contributed by atoms with Crippen LogP contribution in [0.1, 0.15) is 51.4 Å². The third kappa shape index (κ3) is 6.30. The molecule has 0 bridgehead atoms. The molecule has 0 aliphatic heterocycles. The molecule has 2 heterocycles. The SMILES string of the molecule is CCn1c(SCC(=O)Nc2sc(C(=O)N(C)C)c(C)c2C(=O)OC)nnc1C(C)Oc1ccc(F)cc1F. The number of carbonyl (C=O) groups is 3. The van der Waals surface area contributed by atoms with Crippen LogP contribution in [-0.4, -0.2) is 64.4 Å². The second-order valence-electron chi connectivity index (χ2n) is 8.21. The third-order valence-corrected chi connectivity index (χ3v) is 7.51. The van der Waals surface area contributed by atoms with E-state index in [2.05, 4.69) is 15.5 Å². The van der Waals surface area contributed by atoms with E-state index in [-0.39, 0.29) is 28.0 Å². The number of hydrogen-bond acceptors (Lipinski definition) is 9. The molecule has 14 heteroatoms. The molecular formula is C24H27F2N5O5S2. The first kappa shape index (κ1) is 29.0. The van der Waals surface area contributed by atoms with Gasteiger partial charge in [0.1, 0.15) is 10.8 Å². The number of hydrogen-bond donors (Lipinski definition) is 1. The third-order valence-electron chi connectivity index (χ3n) is 5.34. The Bertz CT molecular complexity index is 1360. The highest BCUT2D eigenvalue weighted by molar-refractivity contribution is 7.99. The van der Waals surface area contributed by atoms with Crippen molar-refractivity contribution in [1.29, 1.82) is 0 Å². The average Bonchev–Trinajstić information content (AvgIpc) is 3.43. The largest absolute Gasteiger partial charge is 0.480 e. The maximum Gasteiger partial charge on any atom is 0.341 e. The van der Waals surface area contributed by atoms with Crippen molar-refractivity contribution in [2.24, 2.45) is 0 Å². The van der Waals surface area contributed by atoms with E-state index < -0.39 is 29.6 Å². The molecule has 1 N–H and O–H groups in total. The molecule has 0 saturated heterocycles. The van der Waals surface area contributed by atoms with Crippen LogP contribution in [0.5, 0.6) is 5.75 Å². The monoisotopic (exact) mass is 567 g/mol. The van der Waals surface area contributed by atoms with Crippen LogP contribution in [0.4, 0.5) is 13.8 Å². The molecule has 1 aromatic carbocycles. The molecule has 204 valence electrons. The van der Waals surface area contributed by atoms with Gasteiger partial charge in [0.25, 0.3) is 5.91 Å². The van der Waals surface area contributed by atoms with Crippen LogP contribution >= 0.6 is 23.1 Å². The zero-order chi connectivity index (χ0) is 28.1. The zero-order valence-electron chi connectivity index (χ0n) is 21.6. The van der Waals surface area contributed by atoms with E-state index >= 15 is 0 Å². The lowest BCUT2D eigenvalue weighted by Gasteiger charge is -2.16. The van der Waals surface area contributed by atoms with Gasteiger partial charge in [-0.15, -0.1) is 21.5 Å². The van der Waals surface area contributed by atoms with E-state index in [1.54, 1.807) is 32.5 Å². The van der Waals surface area contributed by atoms with Gasteiger partial charge in [-0.25, -0.2) is 13.6 Å². The Balaban J connectivity index is 1.74. The van der Waals surface area contributed by atoms with E-state index in [1.807, 2.05) is 6.92 Å². The van der Waals surface area contributed by atoms with E-state index in [1.165, 1.54) is 18.1 Å². The van der Waals surface area contributed by atoms with Crippen LogP contribution < -0.4 is 10.1 Å². The summed E-state index contributed by atoms with van der Waals surface area (Å²) in [6.45, 7) is 5.57. The van der Waals surface area contributed by atoms with Gasteiger partial charge in [-0.1, -0.05) is 11.8 Å². The molecule has 3 rings (SSSR count). The van der Waals surface area contributed by atoms with Crippen molar-refractivity contribution in [3.05, 3.63) is 51.7 Å². The van der Waals surface area contributed by atoms with Crippen LogP contribution in [0.15, 0.2) is 23.4 Å². The fourth-order valence-corrected chi connectivity index (χ4v) is 5.51. The van der Waals surface area contributed by atoms with Gasteiger partial charge >= 0.3 is 5.97 Å². The van der Waals surface area contributed by atoms with Crippen molar-refractivity contribution in [3.8, 4) is 5.75 Å². The van der Waals surface area contributed by atoms with Crippen LogP contribution in [0.25, 0.3) is 0 Å². The molecule has 0 saturated carbocycles. The molecule has 0 aliphatic rings. The van der Waals surface area contributed by atoms with Crippen molar-refractivity contribution in [1.82, 2.24) is 19.7 Å². The molecule has 3 aromatic rings. The van der Waals surface area contributed by atoms with Gasteiger partial charge in [0.15, 0.2) is 28.7 Å². The summed E-state index contributed by atoms with van der Waals surface area (Å²) in [4.78, 5) is 39.4. The van der Waals surface area contributed by atoms with Gasteiger partial charge in [0.2, 0.25) is 5.91 Å². The standard InChI is InChI=1S/C24H27F2N5O5S2/c1-7-31-20(13(3)36-16-9-8-14(25)10-15(16)26)28-29-24(31)37-11-17(32)27-21-18(23(34)35-6)12(2)19(38-21)22(33)30(4)5/h8-10,13H,7,11H2,1-6H3,(H,27,32). The summed E-state index contributed by atoms with van der Waals surface area (Å²) < 4.78 is 39.4. The number of nitrogens with zero attached hydrogens (tertiary/aromatic N) is 4. The first-order chi connectivity index (χ1) is 18.0. The summed E-state index contributed by atoms with van der Waals surface area (Å²) in [5, 5.41) is 11.6. The summed E-state index contributed by atoms with van der Waals surface area (Å²) in [7, 11) is 4.40. The number of thiophene rings is 1. The number of methoxy groups -OCH3 is 1. The van der Waals surface area contributed by atoms with Crippen molar-refractivity contribution in [2.45, 2.75) is 38.6 Å². The Hall–Kier alpha value is -3.52. The molecule has 1 unspecified atom stereocenters. The van der Waals surface area contributed by atoms with E-state index in [0.717, 1.165) is 35.2 Å². The molecule has 0 aliphatic carbocycles. The Labute approximate surface area is 226 Å². The molecular weight excluding hydrogens is 540 g/mol. The maximum atomic E-state index is 14.0. The number of carbonyl (C=O) groups excluding carboxylic acids is 3. The van der Waals surface area contributed by atoms with Gasteiger partial charge in [0.05, 0.1) is 23.3 Å². The Morgan fingerprint density at radius 2 is 1.95 bits per heavy atom. The number of thioether (sulfide) groups is 1.